The number of amides is 1. The Morgan fingerprint density at radius 1 is 1.11 bits per heavy atom. The molecule has 0 spiro atoms. The lowest BCUT2D eigenvalue weighted by molar-refractivity contribution is 0.0624. The number of nitrogens with zero attached hydrogens (tertiary/aromatic N) is 2. The van der Waals surface area contributed by atoms with Gasteiger partial charge in [-0.15, -0.1) is 0 Å². The number of phenolic OH excluding ortho intramolecular Hbond substituents is 1. The number of benzene rings is 1. The summed E-state index contributed by atoms with van der Waals surface area (Å²) in [6.07, 6.45) is 2.63. The average Bonchev–Trinajstić information content (AvgIpc) is 3.23. The molecule has 0 unspecified atom stereocenters. The number of phenols is 1. The van der Waals surface area contributed by atoms with Gasteiger partial charge in [0.25, 0.3) is 5.91 Å². The predicted octanol–water partition coefficient (Wildman–Crippen LogP) is 1.31. The van der Waals surface area contributed by atoms with Crippen molar-refractivity contribution in [1.29, 1.82) is 0 Å². The fourth-order valence-electron chi connectivity index (χ4n) is 2.55. The highest BCUT2D eigenvalue weighted by Gasteiger charge is 2.32. The van der Waals surface area contributed by atoms with E-state index in [1.807, 2.05) is 4.90 Å². The Hall–Kier alpha value is -1.55. The second-order valence-corrected chi connectivity index (χ2v) is 5.08. The minimum Gasteiger partial charge on any atom is -0.507 e. The molecule has 1 aliphatic heterocycles. The molecule has 1 amide bonds. The van der Waals surface area contributed by atoms with Crippen LogP contribution < -0.4 is 0 Å². The van der Waals surface area contributed by atoms with Crippen LogP contribution in [0.15, 0.2) is 24.3 Å². The third kappa shape index (κ3) is 2.20. The van der Waals surface area contributed by atoms with E-state index in [2.05, 4.69) is 4.90 Å². The maximum Gasteiger partial charge on any atom is 0.257 e. The maximum atomic E-state index is 12.3. The van der Waals surface area contributed by atoms with E-state index in [-0.39, 0.29) is 11.7 Å². The molecule has 0 aromatic heterocycles. The number of hydrogen-bond acceptors (Lipinski definition) is 3. The Labute approximate surface area is 107 Å². The summed E-state index contributed by atoms with van der Waals surface area (Å²) in [4.78, 5) is 16.6. The van der Waals surface area contributed by atoms with E-state index in [9.17, 15) is 9.90 Å². The SMILES string of the molecule is O=C(c1ccccc1O)N1CCN(C2CC2)CC1. The van der Waals surface area contributed by atoms with E-state index < -0.39 is 0 Å². The third-order valence-corrected chi connectivity index (χ3v) is 3.80. The number of carbonyl (C=O) groups excluding carboxylic acids is 1. The van der Waals surface area contributed by atoms with E-state index in [1.165, 1.54) is 12.8 Å². The summed E-state index contributed by atoms with van der Waals surface area (Å²) in [5.41, 5.74) is 0.414. The highest BCUT2D eigenvalue weighted by atomic mass is 16.3. The number of carbonyl (C=O) groups is 1. The summed E-state index contributed by atoms with van der Waals surface area (Å²) in [5.74, 6) is 0.0238. The monoisotopic (exact) mass is 246 g/mol. The highest BCUT2D eigenvalue weighted by Crippen LogP contribution is 2.28. The van der Waals surface area contributed by atoms with E-state index in [1.54, 1.807) is 24.3 Å². The molecule has 0 atom stereocenters. The second kappa shape index (κ2) is 4.61. The highest BCUT2D eigenvalue weighted by molar-refractivity contribution is 5.96. The van der Waals surface area contributed by atoms with Crippen LogP contribution in [0.25, 0.3) is 0 Å². The number of aromatic hydroxyl groups is 1. The van der Waals surface area contributed by atoms with Gasteiger partial charge in [-0.3, -0.25) is 9.69 Å². The number of piperazine rings is 1. The van der Waals surface area contributed by atoms with Gasteiger partial charge in [-0.2, -0.15) is 0 Å². The molecule has 1 heterocycles. The normalized spacial score (nSPS) is 21.0. The van der Waals surface area contributed by atoms with Crippen molar-refractivity contribution in [2.24, 2.45) is 0 Å². The van der Waals surface area contributed by atoms with Crippen molar-refractivity contribution in [2.45, 2.75) is 18.9 Å². The van der Waals surface area contributed by atoms with Crippen molar-refractivity contribution in [3.63, 3.8) is 0 Å². The molecule has 1 aromatic carbocycles. The molecule has 0 radical (unpaired) electrons. The summed E-state index contributed by atoms with van der Waals surface area (Å²) >= 11 is 0. The average molecular weight is 246 g/mol. The fourth-order valence-corrected chi connectivity index (χ4v) is 2.55. The molecule has 4 nitrogen and oxygen atoms in total. The molecule has 1 saturated heterocycles. The van der Waals surface area contributed by atoms with Gasteiger partial charge >= 0.3 is 0 Å². The van der Waals surface area contributed by atoms with Crippen molar-refractivity contribution in [2.75, 3.05) is 26.2 Å². The van der Waals surface area contributed by atoms with Gasteiger partial charge in [-0.25, -0.2) is 0 Å². The van der Waals surface area contributed by atoms with E-state index in [0.717, 1.165) is 32.2 Å². The van der Waals surface area contributed by atoms with Crippen molar-refractivity contribution in [3.05, 3.63) is 29.8 Å². The molecule has 1 N–H and O–H groups in total. The van der Waals surface area contributed by atoms with Gasteiger partial charge in [0.15, 0.2) is 0 Å². The smallest absolute Gasteiger partial charge is 0.257 e. The van der Waals surface area contributed by atoms with Crippen LogP contribution in [0.3, 0.4) is 0 Å². The maximum absolute atomic E-state index is 12.3. The first-order chi connectivity index (χ1) is 8.75. The van der Waals surface area contributed by atoms with Gasteiger partial charge in [0.1, 0.15) is 5.75 Å². The lowest BCUT2D eigenvalue weighted by atomic mass is 10.1. The molecule has 1 saturated carbocycles. The molecule has 1 aliphatic carbocycles. The summed E-state index contributed by atoms with van der Waals surface area (Å²) in [5, 5.41) is 9.70. The number of hydrogen-bond donors (Lipinski definition) is 1. The van der Waals surface area contributed by atoms with E-state index in [0.29, 0.717) is 5.56 Å². The summed E-state index contributed by atoms with van der Waals surface area (Å²) in [7, 11) is 0. The molecular weight excluding hydrogens is 228 g/mol. The second-order valence-electron chi connectivity index (χ2n) is 5.08. The van der Waals surface area contributed by atoms with Gasteiger partial charge < -0.3 is 10.0 Å². The third-order valence-electron chi connectivity index (χ3n) is 3.80. The first-order valence-electron chi connectivity index (χ1n) is 6.57. The molecule has 1 aromatic rings. The zero-order valence-corrected chi connectivity index (χ0v) is 10.4. The first-order valence-corrected chi connectivity index (χ1v) is 6.57. The van der Waals surface area contributed by atoms with Crippen molar-refractivity contribution in [1.82, 2.24) is 9.80 Å². The van der Waals surface area contributed by atoms with Crippen molar-refractivity contribution < 1.29 is 9.90 Å². The van der Waals surface area contributed by atoms with Crippen LogP contribution in [0.4, 0.5) is 0 Å². The molecule has 0 bridgehead atoms. The minimum absolute atomic E-state index is 0.0523. The summed E-state index contributed by atoms with van der Waals surface area (Å²) in [6.45, 7) is 3.46. The van der Waals surface area contributed by atoms with Crippen LogP contribution in [0.5, 0.6) is 5.75 Å². The molecular formula is C14H18N2O2. The van der Waals surface area contributed by atoms with Crippen LogP contribution in [-0.4, -0.2) is 53.0 Å². The molecule has 2 aliphatic rings. The van der Waals surface area contributed by atoms with Crippen molar-refractivity contribution >= 4 is 5.91 Å². The Morgan fingerprint density at radius 3 is 2.39 bits per heavy atom. The Balaban J connectivity index is 1.65. The zero-order valence-electron chi connectivity index (χ0n) is 10.4. The topological polar surface area (TPSA) is 43.8 Å². The Bertz CT molecular complexity index is 449. The Kier molecular flexibility index (Phi) is 2.96. The zero-order chi connectivity index (χ0) is 12.5. The van der Waals surface area contributed by atoms with Crippen LogP contribution in [0, 0.1) is 0 Å². The van der Waals surface area contributed by atoms with E-state index >= 15 is 0 Å². The predicted molar refractivity (Wildman–Crippen MR) is 68.6 cm³/mol. The largest absolute Gasteiger partial charge is 0.507 e. The molecule has 2 fully saturated rings. The Morgan fingerprint density at radius 2 is 1.78 bits per heavy atom. The lowest BCUT2D eigenvalue weighted by Gasteiger charge is -2.34. The van der Waals surface area contributed by atoms with Gasteiger partial charge in [-0.1, -0.05) is 12.1 Å². The quantitative estimate of drug-likeness (QED) is 0.855. The van der Waals surface area contributed by atoms with Crippen molar-refractivity contribution in [3.8, 4) is 5.75 Å². The van der Waals surface area contributed by atoms with Gasteiger partial charge in [-0.05, 0) is 25.0 Å². The summed E-state index contributed by atoms with van der Waals surface area (Å²) in [6, 6.07) is 7.54. The minimum atomic E-state index is -0.0523. The van der Waals surface area contributed by atoms with Crippen LogP contribution in [-0.2, 0) is 0 Å². The fraction of sp³-hybridized carbons (Fsp3) is 0.500. The number of para-hydroxylation sites is 1. The van der Waals surface area contributed by atoms with Gasteiger partial charge in [0, 0.05) is 32.2 Å². The molecule has 18 heavy (non-hydrogen) atoms. The standard InChI is InChI=1S/C14H18N2O2/c17-13-4-2-1-3-12(13)14(18)16-9-7-15(8-10-16)11-5-6-11/h1-4,11,17H,5-10H2. The van der Waals surface area contributed by atoms with Crippen LogP contribution in [0.1, 0.15) is 23.2 Å². The first kappa shape index (κ1) is 11.5. The van der Waals surface area contributed by atoms with Gasteiger partial charge in [0.2, 0.25) is 0 Å². The van der Waals surface area contributed by atoms with Crippen LogP contribution >= 0.6 is 0 Å². The van der Waals surface area contributed by atoms with Crippen LogP contribution in [0.2, 0.25) is 0 Å². The lowest BCUT2D eigenvalue weighted by Crippen LogP contribution is -2.49. The number of rotatable bonds is 2. The molecule has 96 valence electrons. The molecule has 4 heteroatoms. The van der Waals surface area contributed by atoms with E-state index in [4.69, 9.17) is 0 Å². The van der Waals surface area contributed by atoms with Gasteiger partial charge in [0.05, 0.1) is 5.56 Å². The molecule has 3 rings (SSSR count). The summed E-state index contributed by atoms with van der Waals surface area (Å²) < 4.78 is 0.